The second-order valence-electron chi connectivity index (χ2n) is 7.25. The summed E-state index contributed by atoms with van der Waals surface area (Å²) in [4.78, 5) is 4.74. The maximum absolute atomic E-state index is 13.5. The number of halogens is 2. The lowest BCUT2D eigenvalue weighted by Crippen LogP contribution is -2.48. The monoisotopic (exact) mass is 398 g/mol. The molecule has 0 amide bonds. The summed E-state index contributed by atoms with van der Waals surface area (Å²) in [5.41, 5.74) is 1.86. The Bertz CT molecular complexity index is 917. The van der Waals surface area contributed by atoms with E-state index in [4.69, 9.17) is 0 Å². The van der Waals surface area contributed by atoms with Crippen LogP contribution in [0.4, 0.5) is 8.78 Å². The van der Waals surface area contributed by atoms with Crippen LogP contribution in [0.2, 0.25) is 0 Å². The Morgan fingerprint density at radius 2 is 1.52 bits per heavy atom. The normalized spacial score (nSPS) is 16.8. The standard InChI is InChI=1S/C21H24F2N6/c1-2-27-11-13-28(14-12-27)20(17-5-9-19(23)10-6-17)21-24-25-26-29(21)15-16-3-7-18(22)8-4-16/h3-10,20H,2,11-15H2,1H3/t20-/m0/s1. The molecule has 0 N–H and O–H groups in total. The predicted molar refractivity (Wildman–Crippen MR) is 105 cm³/mol. The molecule has 1 saturated heterocycles. The summed E-state index contributed by atoms with van der Waals surface area (Å²) in [7, 11) is 0. The summed E-state index contributed by atoms with van der Waals surface area (Å²) in [6.07, 6.45) is 0. The molecule has 0 spiro atoms. The van der Waals surface area contributed by atoms with Crippen LogP contribution in [0.25, 0.3) is 0 Å². The van der Waals surface area contributed by atoms with Gasteiger partial charge in [-0.25, -0.2) is 13.5 Å². The molecular formula is C21H24F2N6. The quantitative estimate of drug-likeness (QED) is 0.639. The fourth-order valence-corrected chi connectivity index (χ4v) is 3.79. The topological polar surface area (TPSA) is 50.1 Å². The van der Waals surface area contributed by atoms with Gasteiger partial charge in [0, 0.05) is 26.2 Å². The third kappa shape index (κ3) is 4.49. The summed E-state index contributed by atoms with van der Waals surface area (Å²) in [5, 5.41) is 12.4. The maximum atomic E-state index is 13.5. The highest BCUT2D eigenvalue weighted by Crippen LogP contribution is 2.28. The first kappa shape index (κ1) is 19.6. The number of likely N-dealkylation sites (N-methyl/N-ethyl adjacent to an activating group) is 1. The highest BCUT2D eigenvalue weighted by Gasteiger charge is 2.30. The van der Waals surface area contributed by atoms with Crippen molar-refractivity contribution < 1.29 is 8.78 Å². The van der Waals surface area contributed by atoms with Gasteiger partial charge in [0.05, 0.1) is 12.6 Å². The van der Waals surface area contributed by atoms with Crippen molar-refractivity contribution in [3.05, 3.63) is 77.1 Å². The smallest absolute Gasteiger partial charge is 0.173 e. The average Bonchev–Trinajstić information content (AvgIpc) is 3.19. The van der Waals surface area contributed by atoms with Gasteiger partial charge in [-0.2, -0.15) is 0 Å². The molecule has 29 heavy (non-hydrogen) atoms. The van der Waals surface area contributed by atoms with E-state index in [1.165, 1.54) is 24.3 Å². The van der Waals surface area contributed by atoms with Crippen molar-refractivity contribution in [1.82, 2.24) is 30.0 Å². The molecule has 0 radical (unpaired) electrons. The van der Waals surface area contributed by atoms with Gasteiger partial charge in [-0.05, 0) is 52.4 Å². The van der Waals surface area contributed by atoms with Gasteiger partial charge < -0.3 is 4.90 Å². The number of hydrogen-bond acceptors (Lipinski definition) is 5. The lowest BCUT2D eigenvalue weighted by Gasteiger charge is -2.38. The van der Waals surface area contributed by atoms with E-state index < -0.39 is 0 Å². The van der Waals surface area contributed by atoms with Gasteiger partial charge in [-0.1, -0.05) is 31.2 Å². The molecule has 2 heterocycles. The van der Waals surface area contributed by atoms with Crippen LogP contribution in [0.15, 0.2) is 48.5 Å². The first-order chi connectivity index (χ1) is 14.1. The second kappa shape index (κ2) is 8.75. The lowest BCUT2D eigenvalue weighted by molar-refractivity contribution is 0.108. The third-order valence-electron chi connectivity index (χ3n) is 5.45. The maximum Gasteiger partial charge on any atom is 0.173 e. The predicted octanol–water partition coefficient (Wildman–Crippen LogP) is 2.73. The summed E-state index contributed by atoms with van der Waals surface area (Å²) >= 11 is 0. The van der Waals surface area contributed by atoms with E-state index in [0.717, 1.165) is 43.9 Å². The van der Waals surface area contributed by atoms with E-state index in [0.29, 0.717) is 12.4 Å². The minimum Gasteiger partial charge on any atom is -0.301 e. The fourth-order valence-electron chi connectivity index (χ4n) is 3.79. The minimum atomic E-state index is -0.274. The first-order valence-electron chi connectivity index (χ1n) is 9.86. The van der Waals surface area contributed by atoms with Gasteiger partial charge in [0.1, 0.15) is 11.6 Å². The second-order valence-corrected chi connectivity index (χ2v) is 7.25. The summed E-state index contributed by atoms with van der Waals surface area (Å²) < 4.78 is 28.5. The van der Waals surface area contributed by atoms with Gasteiger partial charge in [0.2, 0.25) is 0 Å². The van der Waals surface area contributed by atoms with E-state index in [2.05, 4.69) is 32.2 Å². The number of piperazine rings is 1. The Hall–Kier alpha value is -2.71. The Labute approximate surface area is 168 Å². The molecule has 0 unspecified atom stereocenters. The zero-order valence-corrected chi connectivity index (χ0v) is 16.4. The Morgan fingerprint density at radius 1 is 0.897 bits per heavy atom. The molecule has 1 aliphatic rings. The van der Waals surface area contributed by atoms with Crippen LogP contribution in [0.3, 0.4) is 0 Å². The van der Waals surface area contributed by atoms with Crippen LogP contribution in [-0.4, -0.2) is 62.7 Å². The summed E-state index contributed by atoms with van der Waals surface area (Å²) in [6.45, 7) is 7.31. The molecular weight excluding hydrogens is 374 g/mol. The van der Waals surface area contributed by atoms with Crippen LogP contribution in [0, 0.1) is 11.6 Å². The summed E-state index contributed by atoms with van der Waals surface area (Å²) in [5.74, 6) is 0.156. The molecule has 1 aliphatic heterocycles. The molecule has 2 aromatic carbocycles. The van der Waals surface area contributed by atoms with Crippen LogP contribution in [0.5, 0.6) is 0 Å². The van der Waals surface area contributed by atoms with Crippen LogP contribution >= 0.6 is 0 Å². The molecule has 1 fully saturated rings. The van der Waals surface area contributed by atoms with Crippen LogP contribution < -0.4 is 0 Å². The van der Waals surface area contributed by atoms with E-state index in [-0.39, 0.29) is 17.7 Å². The average molecular weight is 398 g/mol. The van der Waals surface area contributed by atoms with E-state index >= 15 is 0 Å². The molecule has 0 bridgehead atoms. The zero-order valence-electron chi connectivity index (χ0n) is 16.4. The molecule has 3 aromatic rings. The van der Waals surface area contributed by atoms with Gasteiger partial charge in [-0.15, -0.1) is 5.10 Å². The number of rotatable bonds is 6. The lowest BCUT2D eigenvalue weighted by atomic mass is 10.0. The molecule has 0 saturated carbocycles. The highest BCUT2D eigenvalue weighted by atomic mass is 19.1. The fraction of sp³-hybridized carbons (Fsp3) is 0.381. The first-order valence-corrected chi connectivity index (χ1v) is 9.86. The molecule has 0 aliphatic carbocycles. The van der Waals surface area contributed by atoms with E-state index in [1.807, 2.05) is 0 Å². The largest absolute Gasteiger partial charge is 0.301 e. The van der Waals surface area contributed by atoms with Crippen molar-refractivity contribution in [3.63, 3.8) is 0 Å². The molecule has 1 atom stereocenters. The zero-order chi connectivity index (χ0) is 20.2. The van der Waals surface area contributed by atoms with Crippen molar-refractivity contribution in [2.24, 2.45) is 0 Å². The minimum absolute atomic E-state index is 0.176. The number of tetrazole rings is 1. The molecule has 152 valence electrons. The Kier molecular flexibility index (Phi) is 5.92. The van der Waals surface area contributed by atoms with Gasteiger partial charge in [0.25, 0.3) is 0 Å². The summed E-state index contributed by atoms with van der Waals surface area (Å²) in [6, 6.07) is 12.7. The van der Waals surface area contributed by atoms with Crippen molar-refractivity contribution >= 4 is 0 Å². The molecule has 8 heteroatoms. The van der Waals surface area contributed by atoms with E-state index in [9.17, 15) is 8.78 Å². The molecule has 4 rings (SSSR count). The Balaban J connectivity index is 1.65. The van der Waals surface area contributed by atoms with Crippen LogP contribution in [-0.2, 0) is 6.54 Å². The van der Waals surface area contributed by atoms with Crippen molar-refractivity contribution in [1.29, 1.82) is 0 Å². The third-order valence-corrected chi connectivity index (χ3v) is 5.45. The Morgan fingerprint density at radius 3 is 2.14 bits per heavy atom. The van der Waals surface area contributed by atoms with Crippen molar-refractivity contribution in [2.45, 2.75) is 19.5 Å². The van der Waals surface area contributed by atoms with Crippen LogP contribution in [0.1, 0.15) is 29.9 Å². The molecule has 1 aromatic heterocycles. The number of aromatic nitrogens is 4. The highest BCUT2D eigenvalue weighted by molar-refractivity contribution is 5.26. The van der Waals surface area contributed by atoms with Gasteiger partial charge >= 0.3 is 0 Å². The van der Waals surface area contributed by atoms with Crippen molar-refractivity contribution in [3.8, 4) is 0 Å². The van der Waals surface area contributed by atoms with Crippen molar-refractivity contribution in [2.75, 3.05) is 32.7 Å². The SMILES string of the molecule is CCN1CCN([C@@H](c2ccc(F)cc2)c2nnnn2Cc2ccc(F)cc2)CC1. The van der Waals surface area contributed by atoms with Gasteiger partial charge in [-0.3, -0.25) is 4.90 Å². The van der Waals surface area contributed by atoms with Gasteiger partial charge in [0.15, 0.2) is 5.82 Å². The number of benzene rings is 2. The number of nitrogens with zero attached hydrogens (tertiary/aromatic N) is 6. The van der Waals surface area contributed by atoms with E-state index in [1.54, 1.807) is 28.9 Å². The molecule has 6 nitrogen and oxygen atoms in total. The number of hydrogen-bond donors (Lipinski definition) is 0.